The van der Waals surface area contributed by atoms with Crippen LogP contribution in [-0.4, -0.2) is 35.8 Å². The molecule has 2 aromatic heterocycles. The molecule has 0 amide bonds. The molecule has 0 aliphatic heterocycles. The minimum Gasteiger partial charge on any atom is -0.331 e. The van der Waals surface area contributed by atoms with E-state index in [0.717, 1.165) is 23.4 Å². The highest BCUT2D eigenvalue weighted by Crippen LogP contribution is 2.23. The summed E-state index contributed by atoms with van der Waals surface area (Å²) in [7, 11) is 0. The lowest BCUT2D eigenvalue weighted by Crippen LogP contribution is -2.33. The van der Waals surface area contributed by atoms with Gasteiger partial charge in [-0.15, -0.1) is 5.10 Å². The van der Waals surface area contributed by atoms with Crippen LogP contribution >= 0.6 is 24.0 Å². The van der Waals surface area contributed by atoms with Crippen LogP contribution in [0.2, 0.25) is 0 Å². The maximum absolute atomic E-state index is 5.38. The Morgan fingerprint density at radius 3 is 2.52 bits per heavy atom. The largest absolute Gasteiger partial charge is 0.331 e. The van der Waals surface area contributed by atoms with E-state index in [1.54, 1.807) is 16.4 Å². The summed E-state index contributed by atoms with van der Waals surface area (Å²) in [6.07, 6.45) is 1.03. The molecule has 8 nitrogen and oxygen atoms in total. The first-order valence-corrected chi connectivity index (χ1v) is 11.3. The number of benzene rings is 2. The van der Waals surface area contributed by atoms with Crippen LogP contribution in [0.5, 0.6) is 0 Å². The Morgan fingerprint density at radius 2 is 1.77 bits per heavy atom. The van der Waals surface area contributed by atoms with Gasteiger partial charge in [0.25, 0.3) is 0 Å². The molecule has 0 aliphatic carbocycles. The van der Waals surface area contributed by atoms with Crippen molar-refractivity contribution >= 4 is 51.8 Å². The van der Waals surface area contributed by atoms with Gasteiger partial charge in [0.15, 0.2) is 27.3 Å². The number of nitrogens with one attached hydrogen (secondary N) is 3. The Hall–Kier alpha value is -3.24. The first-order valence-electron chi connectivity index (χ1n) is 9.89. The molecular formula is C21H22N8S2. The van der Waals surface area contributed by atoms with Crippen molar-refractivity contribution in [3.8, 4) is 0 Å². The summed E-state index contributed by atoms with van der Waals surface area (Å²) < 4.78 is 1.79. The summed E-state index contributed by atoms with van der Waals surface area (Å²) in [4.78, 5) is 9.31. The predicted octanol–water partition coefficient (Wildman–Crippen LogP) is 4.09. The Kier molecular flexibility index (Phi) is 6.90. The average Bonchev–Trinajstić information content (AvgIpc) is 3.20. The highest BCUT2D eigenvalue weighted by atomic mass is 32.2. The smallest absolute Gasteiger partial charge is 0.191 e. The summed E-state index contributed by atoms with van der Waals surface area (Å²) in [5, 5.41) is 12.8. The molecule has 0 saturated carbocycles. The Bertz CT molecular complexity index is 1150. The van der Waals surface area contributed by atoms with E-state index >= 15 is 0 Å². The van der Waals surface area contributed by atoms with Gasteiger partial charge in [-0.05, 0) is 36.3 Å². The topological polar surface area (TPSA) is 92.6 Å². The highest BCUT2D eigenvalue weighted by Gasteiger charge is 2.15. The number of rotatable bonds is 8. The van der Waals surface area contributed by atoms with Gasteiger partial charge in [-0.1, -0.05) is 72.4 Å². The molecule has 0 bridgehead atoms. The third-order valence-electron chi connectivity index (χ3n) is 4.28. The Balaban J connectivity index is 1.56. The number of fused-ring (bicyclic) bond motifs is 1. The van der Waals surface area contributed by atoms with Gasteiger partial charge >= 0.3 is 0 Å². The van der Waals surface area contributed by atoms with Gasteiger partial charge in [-0.3, -0.25) is 10.9 Å². The van der Waals surface area contributed by atoms with Crippen LogP contribution in [0.15, 0.2) is 65.8 Å². The summed E-state index contributed by atoms with van der Waals surface area (Å²) in [5.74, 6) is 1.45. The van der Waals surface area contributed by atoms with Crippen LogP contribution in [0.3, 0.4) is 0 Å². The molecular weight excluding hydrogens is 428 g/mol. The van der Waals surface area contributed by atoms with E-state index in [0.29, 0.717) is 33.8 Å². The molecule has 2 heterocycles. The molecule has 0 spiro atoms. The second kappa shape index (κ2) is 10.2. The van der Waals surface area contributed by atoms with Crippen LogP contribution in [-0.2, 0) is 6.54 Å². The van der Waals surface area contributed by atoms with Crippen LogP contribution in [0.25, 0.3) is 11.2 Å². The van der Waals surface area contributed by atoms with Crippen molar-refractivity contribution in [2.24, 2.45) is 0 Å². The summed E-state index contributed by atoms with van der Waals surface area (Å²) in [5.41, 5.74) is 9.30. The predicted molar refractivity (Wildman–Crippen MR) is 129 cm³/mol. The molecule has 158 valence electrons. The third-order valence-corrected chi connectivity index (χ3v) is 5.54. The zero-order valence-corrected chi connectivity index (χ0v) is 18.6. The van der Waals surface area contributed by atoms with Crippen molar-refractivity contribution in [2.75, 3.05) is 16.5 Å². The van der Waals surface area contributed by atoms with Crippen LogP contribution in [0, 0.1) is 0 Å². The zero-order valence-electron chi connectivity index (χ0n) is 16.9. The van der Waals surface area contributed by atoms with E-state index in [9.17, 15) is 0 Å². The fourth-order valence-corrected chi connectivity index (χ4v) is 3.71. The summed E-state index contributed by atoms with van der Waals surface area (Å²) in [6.45, 7) is 2.70. The second-order valence-corrected chi connectivity index (χ2v) is 8.15. The fourth-order valence-electron chi connectivity index (χ4n) is 2.84. The van der Waals surface area contributed by atoms with Gasteiger partial charge in [-0.25, -0.2) is 14.6 Å². The molecule has 0 saturated heterocycles. The normalized spacial score (nSPS) is 10.7. The monoisotopic (exact) mass is 450 g/mol. The molecule has 0 unspecified atom stereocenters. The molecule has 4 aromatic rings. The van der Waals surface area contributed by atoms with Gasteiger partial charge < -0.3 is 5.32 Å². The molecule has 0 atom stereocenters. The molecule has 10 heteroatoms. The summed E-state index contributed by atoms with van der Waals surface area (Å²) >= 11 is 6.98. The van der Waals surface area contributed by atoms with Crippen molar-refractivity contribution < 1.29 is 0 Å². The number of hydrazine groups is 1. The number of hydrogen-bond acceptors (Lipinski definition) is 7. The van der Waals surface area contributed by atoms with Gasteiger partial charge in [0.1, 0.15) is 0 Å². The van der Waals surface area contributed by atoms with Gasteiger partial charge in [0.05, 0.1) is 6.54 Å². The molecule has 0 aliphatic rings. The van der Waals surface area contributed by atoms with Gasteiger partial charge in [0.2, 0.25) is 0 Å². The van der Waals surface area contributed by atoms with E-state index < -0.39 is 0 Å². The van der Waals surface area contributed by atoms with Crippen molar-refractivity contribution in [1.29, 1.82) is 0 Å². The quantitative estimate of drug-likeness (QED) is 0.159. The van der Waals surface area contributed by atoms with E-state index in [-0.39, 0.29) is 0 Å². The van der Waals surface area contributed by atoms with E-state index in [1.807, 2.05) is 48.5 Å². The van der Waals surface area contributed by atoms with Crippen molar-refractivity contribution in [1.82, 2.24) is 30.4 Å². The number of thiocarbonyl (C=S) groups is 1. The van der Waals surface area contributed by atoms with E-state index in [4.69, 9.17) is 17.2 Å². The van der Waals surface area contributed by atoms with Crippen LogP contribution in [0.4, 0.5) is 11.5 Å². The number of thioether (sulfide) groups is 1. The lowest BCUT2D eigenvalue weighted by molar-refractivity contribution is 0.661. The van der Waals surface area contributed by atoms with Crippen LogP contribution < -0.4 is 16.2 Å². The lowest BCUT2D eigenvalue weighted by atomic mass is 10.2. The van der Waals surface area contributed by atoms with Gasteiger partial charge in [0, 0.05) is 11.4 Å². The zero-order chi connectivity index (χ0) is 21.5. The maximum Gasteiger partial charge on any atom is 0.191 e. The lowest BCUT2D eigenvalue weighted by Gasteiger charge is -2.12. The molecule has 3 N–H and O–H groups in total. The maximum atomic E-state index is 5.38. The molecule has 4 rings (SSSR count). The van der Waals surface area contributed by atoms with E-state index in [1.165, 1.54) is 0 Å². The first kappa shape index (κ1) is 21.0. The molecule has 2 aromatic carbocycles. The number of nitrogens with zero attached hydrogens (tertiary/aromatic N) is 5. The summed E-state index contributed by atoms with van der Waals surface area (Å²) in [6, 6.07) is 19.8. The highest BCUT2D eigenvalue weighted by molar-refractivity contribution is 7.99. The molecule has 31 heavy (non-hydrogen) atoms. The Morgan fingerprint density at radius 1 is 1.03 bits per heavy atom. The van der Waals surface area contributed by atoms with Crippen molar-refractivity contribution in [3.05, 3.63) is 66.2 Å². The number of para-hydroxylation sites is 1. The number of hydrogen-bond donors (Lipinski definition) is 3. The SMILES string of the molecule is CCCSc1nc(NNC(=S)Nc2ccccc2)c2nnn(Cc3ccccc3)c2n1. The van der Waals surface area contributed by atoms with Gasteiger partial charge in [-0.2, -0.15) is 0 Å². The Labute approximate surface area is 189 Å². The fraction of sp³-hybridized carbons (Fsp3) is 0.190. The minimum atomic E-state index is 0.414. The minimum absolute atomic E-state index is 0.414. The number of aromatic nitrogens is 5. The first-order chi connectivity index (χ1) is 15.2. The number of anilines is 2. The second-order valence-electron chi connectivity index (χ2n) is 6.68. The molecule has 0 radical (unpaired) electrons. The average molecular weight is 451 g/mol. The van der Waals surface area contributed by atoms with Crippen molar-refractivity contribution in [2.45, 2.75) is 25.0 Å². The van der Waals surface area contributed by atoms with Crippen molar-refractivity contribution in [3.63, 3.8) is 0 Å². The standard InChI is InChI=1S/C21H22N8S2/c1-2-13-31-21-23-18(26-27-20(30)22-16-11-7-4-8-12-16)17-19(24-21)29(28-25-17)14-15-9-5-3-6-10-15/h3-12H,2,13-14H2,1H3,(H2,22,27,30)(H,23,24,26). The molecule has 0 fully saturated rings. The van der Waals surface area contributed by atoms with Crippen LogP contribution in [0.1, 0.15) is 18.9 Å². The van der Waals surface area contributed by atoms with E-state index in [2.05, 4.69) is 50.5 Å². The third kappa shape index (κ3) is 5.47.